The van der Waals surface area contributed by atoms with Gasteiger partial charge in [0.2, 0.25) is 5.91 Å². The minimum Gasteiger partial charge on any atom is -0.391 e. The number of primary amides is 1. The van der Waals surface area contributed by atoms with E-state index in [1.807, 2.05) is 0 Å². The van der Waals surface area contributed by atoms with Crippen molar-refractivity contribution in [1.82, 2.24) is 5.32 Å². The van der Waals surface area contributed by atoms with Gasteiger partial charge in [-0.15, -0.1) is 0 Å². The van der Waals surface area contributed by atoms with Crippen LogP contribution in [0.5, 0.6) is 0 Å². The summed E-state index contributed by atoms with van der Waals surface area (Å²) in [6.07, 6.45) is 0.740. The summed E-state index contributed by atoms with van der Waals surface area (Å²) in [5.41, 5.74) is 5.02. The molecular formula is C7H14N2O2. The Kier molecular flexibility index (Phi) is 2.84. The van der Waals surface area contributed by atoms with Gasteiger partial charge in [-0.05, 0) is 18.9 Å². The molecule has 0 aromatic rings. The molecule has 0 saturated carbocycles. The van der Waals surface area contributed by atoms with E-state index in [1.165, 1.54) is 0 Å². The van der Waals surface area contributed by atoms with Crippen LogP contribution >= 0.6 is 0 Å². The lowest BCUT2D eigenvalue weighted by Gasteiger charge is -2.27. The van der Waals surface area contributed by atoms with E-state index in [0.717, 1.165) is 13.0 Å². The number of aliphatic hydroxyl groups excluding tert-OH is 1. The molecule has 0 aromatic carbocycles. The van der Waals surface area contributed by atoms with Gasteiger partial charge in [0.05, 0.1) is 6.10 Å². The van der Waals surface area contributed by atoms with E-state index in [-0.39, 0.29) is 11.8 Å². The molecule has 0 radical (unpaired) electrons. The minimum absolute atomic E-state index is 0.0637. The Hall–Kier alpha value is -0.610. The molecule has 1 aliphatic heterocycles. The topological polar surface area (TPSA) is 75.4 Å². The third kappa shape index (κ3) is 2.48. The molecule has 1 rings (SSSR count). The van der Waals surface area contributed by atoms with Crippen LogP contribution in [0.15, 0.2) is 0 Å². The van der Waals surface area contributed by atoms with Crippen LogP contribution in [0, 0.1) is 5.92 Å². The maximum Gasteiger partial charge on any atom is 0.217 e. The van der Waals surface area contributed by atoms with Crippen LogP contribution in [0.2, 0.25) is 0 Å². The van der Waals surface area contributed by atoms with E-state index in [1.54, 1.807) is 0 Å². The standard InChI is InChI=1S/C7H14N2O2/c8-7(11)3-5-1-2-9-4-6(5)10/h5-6,9-10H,1-4H2,(H2,8,11)/t5-,6-/m0/s1. The van der Waals surface area contributed by atoms with E-state index < -0.39 is 6.10 Å². The summed E-state index contributed by atoms with van der Waals surface area (Å²) in [5.74, 6) is -0.260. The number of amides is 1. The zero-order valence-electron chi connectivity index (χ0n) is 6.42. The lowest BCUT2D eigenvalue weighted by atomic mass is 9.92. The molecule has 1 amide bonds. The van der Waals surface area contributed by atoms with Crippen LogP contribution in [-0.2, 0) is 4.79 Å². The van der Waals surface area contributed by atoms with Gasteiger partial charge in [-0.25, -0.2) is 0 Å². The second kappa shape index (κ2) is 3.69. The first-order valence-electron chi connectivity index (χ1n) is 3.87. The van der Waals surface area contributed by atoms with Gasteiger partial charge in [0.25, 0.3) is 0 Å². The van der Waals surface area contributed by atoms with Crippen LogP contribution in [0.4, 0.5) is 0 Å². The largest absolute Gasteiger partial charge is 0.391 e. The van der Waals surface area contributed by atoms with E-state index >= 15 is 0 Å². The van der Waals surface area contributed by atoms with Crippen LogP contribution in [0.1, 0.15) is 12.8 Å². The van der Waals surface area contributed by atoms with Gasteiger partial charge in [0.1, 0.15) is 0 Å². The maximum atomic E-state index is 10.5. The lowest BCUT2D eigenvalue weighted by Crippen LogP contribution is -2.41. The Bertz CT molecular complexity index is 149. The van der Waals surface area contributed by atoms with Gasteiger partial charge >= 0.3 is 0 Å². The number of piperidine rings is 1. The first kappa shape index (κ1) is 8.49. The van der Waals surface area contributed by atoms with Crippen molar-refractivity contribution in [1.29, 1.82) is 0 Å². The molecular weight excluding hydrogens is 144 g/mol. The van der Waals surface area contributed by atoms with Crippen molar-refractivity contribution >= 4 is 5.91 Å². The third-order valence-electron chi connectivity index (χ3n) is 2.05. The number of aliphatic hydroxyl groups is 1. The summed E-state index contributed by atoms with van der Waals surface area (Å²) >= 11 is 0. The molecule has 1 saturated heterocycles. The van der Waals surface area contributed by atoms with E-state index in [2.05, 4.69) is 5.32 Å². The Morgan fingerprint density at radius 1 is 1.73 bits per heavy atom. The number of carbonyl (C=O) groups is 1. The predicted octanol–water partition coefficient (Wildman–Crippen LogP) is -1.17. The Morgan fingerprint density at radius 3 is 3.00 bits per heavy atom. The van der Waals surface area contributed by atoms with Gasteiger partial charge in [0.15, 0.2) is 0 Å². The van der Waals surface area contributed by atoms with Crippen molar-refractivity contribution in [3.05, 3.63) is 0 Å². The van der Waals surface area contributed by atoms with Gasteiger partial charge < -0.3 is 16.2 Å². The highest BCUT2D eigenvalue weighted by Gasteiger charge is 2.23. The molecule has 4 nitrogen and oxygen atoms in total. The number of carbonyl (C=O) groups excluding carboxylic acids is 1. The predicted molar refractivity (Wildman–Crippen MR) is 40.8 cm³/mol. The zero-order chi connectivity index (χ0) is 8.27. The first-order valence-corrected chi connectivity index (χ1v) is 3.87. The Balaban J connectivity index is 2.35. The van der Waals surface area contributed by atoms with Crippen molar-refractivity contribution in [3.63, 3.8) is 0 Å². The number of β-amino-alcohol motifs (C(OH)–C–C–N with tert-alkyl or cyclic N) is 1. The monoisotopic (exact) mass is 158 g/mol. The summed E-state index contributed by atoms with van der Waals surface area (Å²) < 4.78 is 0. The van der Waals surface area contributed by atoms with E-state index in [4.69, 9.17) is 5.73 Å². The number of rotatable bonds is 2. The Morgan fingerprint density at radius 2 is 2.45 bits per heavy atom. The zero-order valence-corrected chi connectivity index (χ0v) is 6.42. The molecule has 0 aromatic heterocycles. The highest BCUT2D eigenvalue weighted by molar-refractivity contribution is 5.74. The fourth-order valence-electron chi connectivity index (χ4n) is 1.39. The van der Waals surface area contributed by atoms with Crippen LogP contribution < -0.4 is 11.1 Å². The fraction of sp³-hybridized carbons (Fsp3) is 0.857. The average Bonchev–Trinajstić information content (AvgIpc) is 1.93. The molecule has 0 aliphatic carbocycles. The van der Waals surface area contributed by atoms with Crippen LogP contribution in [0.25, 0.3) is 0 Å². The molecule has 11 heavy (non-hydrogen) atoms. The number of hydrogen-bond acceptors (Lipinski definition) is 3. The number of nitrogens with one attached hydrogen (secondary N) is 1. The molecule has 0 spiro atoms. The lowest BCUT2D eigenvalue weighted by molar-refractivity contribution is -0.120. The summed E-state index contributed by atoms with van der Waals surface area (Å²) in [6, 6.07) is 0. The Labute approximate surface area is 65.8 Å². The van der Waals surface area contributed by atoms with Gasteiger partial charge in [-0.2, -0.15) is 0 Å². The molecule has 0 unspecified atom stereocenters. The summed E-state index contributed by atoms with van der Waals surface area (Å²) in [6.45, 7) is 1.45. The highest BCUT2D eigenvalue weighted by Crippen LogP contribution is 2.15. The molecule has 1 aliphatic rings. The SMILES string of the molecule is NC(=O)C[C@@H]1CCNC[C@@H]1O. The third-order valence-corrected chi connectivity index (χ3v) is 2.05. The van der Waals surface area contributed by atoms with Gasteiger partial charge in [0, 0.05) is 13.0 Å². The molecule has 4 heteroatoms. The summed E-state index contributed by atoms with van der Waals surface area (Å²) in [4.78, 5) is 10.5. The van der Waals surface area contributed by atoms with Crippen molar-refractivity contribution in [3.8, 4) is 0 Å². The van der Waals surface area contributed by atoms with Crippen molar-refractivity contribution in [2.45, 2.75) is 18.9 Å². The van der Waals surface area contributed by atoms with Crippen LogP contribution in [0.3, 0.4) is 0 Å². The fourth-order valence-corrected chi connectivity index (χ4v) is 1.39. The van der Waals surface area contributed by atoms with Crippen LogP contribution in [-0.4, -0.2) is 30.2 Å². The normalized spacial score (nSPS) is 31.7. The average molecular weight is 158 g/mol. The second-order valence-corrected chi connectivity index (χ2v) is 2.99. The molecule has 4 N–H and O–H groups in total. The van der Waals surface area contributed by atoms with Gasteiger partial charge in [-0.3, -0.25) is 4.79 Å². The number of nitrogens with two attached hydrogens (primary N) is 1. The molecule has 64 valence electrons. The summed E-state index contributed by atoms with van der Waals surface area (Å²) in [5, 5.41) is 12.4. The van der Waals surface area contributed by atoms with Gasteiger partial charge in [-0.1, -0.05) is 0 Å². The maximum absolute atomic E-state index is 10.5. The first-order chi connectivity index (χ1) is 5.20. The van der Waals surface area contributed by atoms with Crippen molar-refractivity contribution in [2.75, 3.05) is 13.1 Å². The van der Waals surface area contributed by atoms with Crippen molar-refractivity contribution < 1.29 is 9.90 Å². The quantitative estimate of drug-likeness (QED) is 0.474. The smallest absolute Gasteiger partial charge is 0.217 e. The summed E-state index contributed by atoms with van der Waals surface area (Å²) in [7, 11) is 0. The highest BCUT2D eigenvalue weighted by atomic mass is 16.3. The molecule has 1 heterocycles. The van der Waals surface area contributed by atoms with E-state index in [9.17, 15) is 9.90 Å². The molecule has 0 bridgehead atoms. The van der Waals surface area contributed by atoms with E-state index in [0.29, 0.717) is 13.0 Å². The minimum atomic E-state index is -0.406. The van der Waals surface area contributed by atoms with Crippen molar-refractivity contribution in [2.24, 2.45) is 11.7 Å². The molecule has 1 fully saturated rings. The molecule has 2 atom stereocenters. The second-order valence-electron chi connectivity index (χ2n) is 2.99. The number of hydrogen-bond donors (Lipinski definition) is 3.